The second-order valence-electron chi connectivity index (χ2n) is 13.2. The fraction of sp³-hybridized carbons (Fsp3) is 0.256. The normalized spacial score (nSPS) is 27.1. The largest absolute Gasteiger partial charge is 0.292 e. The number of fused-ring (bicyclic) bond motifs is 6. The molecule has 0 radical (unpaired) electrons. The van der Waals surface area contributed by atoms with Gasteiger partial charge in [-0.25, -0.2) is 4.98 Å². The molecule has 0 amide bonds. The van der Waals surface area contributed by atoms with Crippen LogP contribution < -0.4 is 0 Å². The average molecular weight is 529 g/mol. The van der Waals surface area contributed by atoms with E-state index in [-0.39, 0.29) is 5.41 Å². The molecule has 0 aliphatic heterocycles. The molecule has 0 unspecified atom stereocenters. The highest BCUT2D eigenvalue weighted by atomic mass is 15.1. The first-order valence-corrected chi connectivity index (χ1v) is 15.5. The molecule has 1 spiro atoms. The molecule has 41 heavy (non-hydrogen) atoms. The minimum atomic E-state index is 0.127. The van der Waals surface area contributed by atoms with E-state index >= 15 is 0 Å². The highest BCUT2D eigenvalue weighted by Crippen LogP contribution is 2.70. The van der Waals surface area contributed by atoms with Crippen LogP contribution in [0, 0.1) is 23.7 Å². The highest BCUT2D eigenvalue weighted by Gasteiger charge is 2.61. The van der Waals surface area contributed by atoms with Crippen LogP contribution in [0.25, 0.3) is 50.0 Å². The zero-order chi connectivity index (χ0) is 26.7. The van der Waals surface area contributed by atoms with E-state index in [0.29, 0.717) is 0 Å². The van der Waals surface area contributed by atoms with Crippen molar-refractivity contribution in [1.29, 1.82) is 0 Å². The van der Waals surface area contributed by atoms with Gasteiger partial charge in [-0.05, 0) is 119 Å². The van der Waals surface area contributed by atoms with E-state index in [4.69, 9.17) is 4.98 Å². The number of para-hydroxylation sites is 3. The van der Waals surface area contributed by atoms with Crippen LogP contribution in [-0.4, -0.2) is 9.55 Å². The van der Waals surface area contributed by atoms with Gasteiger partial charge in [0.1, 0.15) is 5.82 Å². The lowest BCUT2D eigenvalue weighted by Gasteiger charge is -2.61. The smallest absolute Gasteiger partial charge is 0.145 e. The van der Waals surface area contributed by atoms with E-state index in [1.807, 2.05) is 0 Å². The molecule has 0 saturated heterocycles. The Balaban J connectivity index is 1.27. The molecule has 1 heterocycles. The summed E-state index contributed by atoms with van der Waals surface area (Å²) in [5.74, 6) is 4.38. The second kappa shape index (κ2) is 7.97. The molecule has 5 aliphatic rings. The fourth-order valence-electron chi connectivity index (χ4n) is 10.2. The summed E-state index contributed by atoms with van der Waals surface area (Å²) in [7, 11) is 0. The molecule has 2 heteroatoms. The van der Waals surface area contributed by atoms with Gasteiger partial charge in [-0.3, -0.25) is 4.57 Å². The lowest BCUT2D eigenvalue weighted by molar-refractivity contribution is -0.0399. The van der Waals surface area contributed by atoms with E-state index < -0.39 is 0 Å². The van der Waals surface area contributed by atoms with E-state index in [1.54, 1.807) is 11.1 Å². The number of rotatable bonds is 2. The van der Waals surface area contributed by atoms with Crippen LogP contribution in [0.2, 0.25) is 0 Å². The van der Waals surface area contributed by atoms with Crippen LogP contribution in [0.15, 0.2) is 109 Å². The summed E-state index contributed by atoms with van der Waals surface area (Å²) in [6.07, 6.45) is 7.05. The van der Waals surface area contributed by atoms with Crippen molar-refractivity contribution in [1.82, 2.24) is 9.55 Å². The Hall–Kier alpha value is -4.17. The van der Waals surface area contributed by atoms with Crippen molar-refractivity contribution in [3.8, 4) is 28.2 Å². The summed E-state index contributed by atoms with van der Waals surface area (Å²) in [6, 6.07) is 40.7. The van der Waals surface area contributed by atoms with Gasteiger partial charge in [-0.15, -0.1) is 0 Å². The van der Waals surface area contributed by atoms with Gasteiger partial charge in [0.15, 0.2) is 0 Å². The van der Waals surface area contributed by atoms with Gasteiger partial charge in [-0.1, -0.05) is 78.9 Å². The van der Waals surface area contributed by atoms with Crippen molar-refractivity contribution < 1.29 is 0 Å². The van der Waals surface area contributed by atoms with Crippen LogP contribution >= 0.6 is 0 Å². The maximum absolute atomic E-state index is 5.27. The predicted octanol–water partition coefficient (Wildman–Crippen LogP) is 9.57. The second-order valence-corrected chi connectivity index (χ2v) is 13.2. The van der Waals surface area contributed by atoms with E-state index in [1.165, 1.54) is 59.6 Å². The summed E-state index contributed by atoms with van der Waals surface area (Å²) < 4.78 is 2.36. The molecular formula is C39H32N2. The van der Waals surface area contributed by atoms with Gasteiger partial charge >= 0.3 is 0 Å². The Bertz CT molecular complexity index is 1980. The van der Waals surface area contributed by atoms with Gasteiger partial charge in [-0.2, -0.15) is 0 Å². The van der Waals surface area contributed by atoms with Crippen LogP contribution in [0.1, 0.15) is 43.2 Å². The van der Waals surface area contributed by atoms with Gasteiger partial charge in [0.25, 0.3) is 0 Å². The third kappa shape index (κ3) is 2.86. The van der Waals surface area contributed by atoms with Gasteiger partial charge in [0.05, 0.1) is 11.0 Å². The predicted molar refractivity (Wildman–Crippen MR) is 167 cm³/mol. The molecule has 198 valence electrons. The molecule has 4 bridgehead atoms. The molecule has 1 aromatic heterocycles. The Morgan fingerprint density at radius 2 is 1.37 bits per heavy atom. The van der Waals surface area contributed by atoms with Crippen LogP contribution in [0.5, 0.6) is 0 Å². The zero-order valence-electron chi connectivity index (χ0n) is 23.1. The number of aromatic nitrogens is 2. The molecule has 2 nitrogen and oxygen atoms in total. The first-order valence-electron chi connectivity index (χ1n) is 15.5. The molecule has 0 atom stereocenters. The summed E-state index contributed by atoms with van der Waals surface area (Å²) in [4.78, 5) is 5.27. The standard InChI is InChI=1S/C39H32N2/c1-2-9-30(10-3-1)41-36-13-7-6-12-35(36)40-38(41)27-14-16-32-34(23-27)39(28-19-24-18-25(21-28)22-29(39)20-24)33-17-15-26-8-4-5-11-31(26)37(32)33/h1-17,23-25,28-29H,18-22H2. The molecule has 5 aromatic carbocycles. The quantitative estimate of drug-likeness (QED) is 0.219. The Labute approximate surface area is 240 Å². The molecule has 4 fully saturated rings. The Kier molecular flexibility index (Phi) is 4.38. The topological polar surface area (TPSA) is 17.8 Å². The molecule has 11 rings (SSSR count). The van der Waals surface area contributed by atoms with E-state index in [0.717, 1.165) is 46.2 Å². The molecule has 4 saturated carbocycles. The molecule has 0 N–H and O–H groups in total. The van der Waals surface area contributed by atoms with Crippen molar-refractivity contribution in [2.24, 2.45) is 23.7 Å². The Morgan fingerprint density at radius 1 is 0.634 bits per heavy atom. The van der Waals surface area contributed by atoms with Crippen molar-refractivity contribution >= 4 is 21.8 Å². The maximum Gasteiger partial charge on any atom is 0.145 e. The van der Waals surface area contributed by atoms with Crippen LogP contribution in [-0.2, 0) is 5.41 Å². The van der Waals surface area contributed by atoms with Crippen molar-refractivity contribution in [2.45, 2.75) is 37.5 Å². The highest BCUT2D eigenvalue weighted by molar-refractivity contribution is 6.03. The van der Waals surface area contributed by atoms with Gasteiger partial charge in [0.2, 0.25) is 0 Å². The number of nitrogens with zero attached hydrogens (tertiary/aromatic N) is 2. The minimum absolute atomic E-state index is 0.127. The zero-order valence-corrected chi connectivity index (χ0v) is 23.1. The number of hydrogen-bond acceptors (Lipinski definition) is 1. The Morgan fingerprint density at radius 3 is 2.20 bits per heavy atom. The lowest BCUT2D eigenvalue weighted by atomic mass is 9.43. The van der Waals surface area contributed by atoms with Gasteiger partial charge in [0, 0.05) is 16.7 Å². The third-order valence-electron chi connectivity index (χ3n) is 11.4. The summed E-state index contributed by atoms with van der Waals surface area (Å²) in [6.45, 7) is 0. The third-order valence-corrected chi connectivity index (χ3v) is 11.4. The number of hydrogen-bond donors (Lipinski definition) is 0. The summed E-state index contributed by atoms with van der Waals surface area (Å²) >= 11 is 0. The fourth-order valence-corrected chi connectivity index (χ4v) is 10.2. The first-order chi connectivity index (χ1) is 20.3. The molecule has 6 aromatic rings. The lowest BCUT2D eigenvalue weighted by Crippen LogP contribution is -2.55. The summed E-state index contributed by atoms with van der Waals surface area (Å²) in [5, 5.41) is 2.77. The van der Waals surface area contributed by atoms with E-state index in [2.05, 4.69) is 114 Å². The molecular weight excluding hydrogens is 496 g/mol. The maximum atomic E-state index is 5.27. The summed E-state index contributed by atoms with van der Waals surface area (Å²) in [5.41, 5.74) is 10.9. The van der Waals surface area contributed by atoms with Crippen LogP contribution in [0.3, 0.4) is 0 Å². The van der Waals surface area contributed by atoms with Crippen molar-refractivity contribution in [2.75, 3.05) is 0 Å². The first kappa shape index (κ1) is 22.5. The van der Waals surface area contributed by atoms with Crippen molar-refractivity contribution in [3.63, 3.8) is 0 Å². The monoisotopic (exact) mass is 528 g/mol. The van der Waals surface area contributed by atoms with Gasteiger partial charge < -0.3 is 0 Å². The van der Waals surface area contributed by atoms with E-state index in [9.17, 15) is 0 Å². The average Bonchev–Trinajstić information content (AvgIpc) is 3.54. The van der Waals surface area contributed by atoms with Crippen LogP contribution in [0.4, 0.5) is 0 Å². The SMILES string of the molecule is c1ccc(-n2c(-c3ccc4c(c3)C3(c5ccc6ccccc6c5-4)C4CC5CC(C4)CC3C5)nc3ccccc32)cc1. The number of imidazole rings is 1. The molecule has 5 aliphatic carbocycles. The van der Waals surface area contributed by atoms with Crippen molar-refractivity contribution in [3.05, 3.63) is 120 Å². The number of benzene rings is 5. The minimum Gasteiger partial charge on any atom is -0.292 e.